The number of nitrogens with one attached hydrogen (secondary N) is 2. The largest absolute Gasteiger partial charge is 0.385 e. The maximum Gasteiger partial charge on any atom is 0.264 e. The zero-order chi connectivity index (χ0) is 15.1. The van der Waals surface area contributed by atoms with Crippen molar-refractivity contribution in [2.24, 2.45) is 4.99 Å². The molecule has 7 nitrogen and oxygen atoms in total. The Labute approximate surface area is 125 Å². The highest BCUT2D eigenvalue weighted by Crippen LogP contribution is 2.07. The highest BCUT2D eigenvalue weighted by atomic mass is 32.2. The summed E-state index contributed by atoms with van der Waals surface area (Å²) >= 11 is 0. The van der Waals surface area contributed by atoms with E-state index in [4.69, 9.17) is 4.74 Å². The fourth-order valence-electron chi connectivity index (χ4n) is 1.90. The molecule has 116 valence electrons. The summed E-state index contributed by atoms with van der Waals surface area (Å²) in [7, 11) is -1.91. The summed E-state index contributed by atoms with van der Waals surface area (Å²) in [5.41, 5.74) is 0. The molecule has 0 saturated heterocycles. The SMILES string of the molecule is COCCCN1CN=C(NS(=O)(=O)c2ccccc2)NC1. The first-order valence-electron chi connectivity index (χ1n) is 6.69. The Morgan fingerprint density at radius 1 is 1.38 bits per heavy atom. The quantitative estimate of drug-likeness (QED) is 0.732. The second-order valence-electron chi connectivity index (χ2n) is 4.64. The molecule has 0 atom stereocenters. The van der Waals surface area contributed by atoms with Crippen molar-refractivity contribution in [3.05, 3.63) is 30.3 Å². The first-order chi connectivity index (χ1) is 10.1. The normalized spacial score (nSPS) is 16.1. The first-order valence-corrected chi connectivity index (χ1v) is 8.17. The molecule has 2 rings (SSSR count). The average Bonchev–Trinajstić information content (AvgIpc) is 2.50. The molecule has 0 fully saturated rings. The van der Waals surface area contributed by atoms with E-state index in [9.17, 15) is 8.42 Å². The number of hydrogen-bond donors (Lipinski definition) is 2. The van der Waals surface area contributed by atoms with E-state index in [1.165, 1.54) is 0 Å². The van der Waals surface area contributed by atoms with Gasteiger partial charge < -0.3 is 10.1 Å². The summed E-state index contributed by atoms with van der Waals surface area (Å²) in [6.07, 6.45) is 0.915. The molecule has 1 aromatic rings. The molecule has 21 heavy (non-hydrogen) atoms. The van der Waals surface area contributed by atoms with Crippen LogP contribution in [0.2, 0.25) is 0 Å². The molecule has 0 spiro atoms. The van der Waals surface area contributed by atoms with Crippen molar-refractivity contribution in [2.75, 3.05) is 33.6 Å². The van der Waals surface area contributed by atoms with Crippen LogP contribution in [-0.4, -0.2) is 52.9 Å². The highest BCUT2D eigenvalue weighted by molar-refractivity contribution is 7.90. The Morgan fingerprint density at radius 2 is 2.14 bits per heavy atom. The Kier molecular flexibility index (Phi) is 5.54. The summed E-state index contributed by atoms with van der Waals surface area (Å²) in [5, 5.41) is 2.97. The van der Waals surface area contributed by atoms with Crippen LogP contribution in [-0.2, 0) is 14.8 Å². The maximum absolute atomic E-state index is 12.1. The lowest BCUT2D eigenvalue weighted by atomic mass is 10.4. The summed E-state index contributed by atoms with van der Waals surface area (Å²) in [5.74, 6) is 0.279. The Morgan fingerprint density at radius 3 is 2.76 bits per heavy atom. The summed E-state index contributed by atoms with van der Waals surface area (Å²) in [6.45, 7) is 2.57. The van der Waals surface area contributed by atoms with Crippen LogP contribution in [0.25, 0.3) is 0 Å². The van der Waals surface area contributed by atoms with E-state index in [0.717, 1.165) is 13.0 Å². The van der Waals surface area contributed by atoms with E-state index in [1.54, 1.807) is 37.4 Å². The number of rotatable bonds is 6. The molecular formula is C13H20N4O3S. The van der Waals surface area contributed by atoms with Gasteiger partial charge in [0.05, 0.1) is 18.2 Å². The standard InChI is InChI=1S/C13H20N4O3S/c1-20-9-5-8-17-10-14-13(15-11-17)16-21(18,19)12-6-3-2-4-7-12/h2-4,6-7H,5,8-11H2,1H3,(H2,14,15,16). The molecule has 0 bridgehead atoms. The van der Waals surface area contributed by atoms with E-state index in [0.29, 0.717) is 19.9 Å². The Bertz CT molecular complexity index is 574. The summed E-state index contributed by atoms with van der Waals surface area (Å²) in [6, 6.07) is 8.23. The van der Waals surface area contributed by atoms with Gasteiger partial charge >= 0.3 is 0 Å². The van der Waals surface area contributed by atoms with E-state index in [2.05, 4.69) is 19.9 Å². The molecule has 0 aromatic heterocycles. The molecule has 1 aliphatic heterocycles. The third-order valence-electron chi connectivity index (χ3n) is 3.01. The predicted octanol–water partition coefficient (Wildman–Crippen LogP) is 0.178. The van der Waals surface area contributed by atoms with Crippen LogP contribution >= 0.6 is 0 Å². The second kappa shape index (κ2) is 7.39. The van der Waals surface area contributed by atoms with Gasteiger partial charge in [0.1, 0.15) is 0 Å². The number of aliphatic imine (C=N–C) groups is 1. The molecule has 1 aliphatic rings. The number of methoxy groups -OCH3 is 1. The Balaban J connectivity index is 1.90. The van der Waals surface area contributed by atoms with Crippen LogP contribution in [0.4, 0.5) is 0 Å². The average molecular weight is 312 g/mol. The van der Waals surface area contributed by atoms with Gasteiger partial charge in [-0.1, -0.05) is 18.2 Å². The smallest absolute Gasteiger partial charge is 0.264 e. The molecule has 2 N–H and O–H groups in total. The molecule has 0 aliphatic carbocycles. The third-order valence-corrected chi connectivity index (χ3v) is 4.36. The number of benzene rings is 1. The molecular weight excluding hydrogens is 292 g/mol. The summed E-state index contributed by atoms with van der Waals surface area (Å²) < 4.78 is 31.7. The van der Waals surface area contributed by atoms with Crippen molar-refractivity contribution in [1.82, 2.24) is 14.9 Å². The fraction of sp³-hybridized carbons (Fsp3) is 0.462. The molecule has 1 heterocycles. The zero-order valence-electron chi connectivity index (χ0n) is 11.9. The minimum atomic E-state index is -3.58. The number of nitrogens with zero attached hydrogens (tertiary/aromatic N) is 2. The zero-order valence-corrected chi connectivity index (χ0v) is 12.8. The highest BCUT2D eigenvalue weighted by Gasteiger charge is 2.18. The molecule has 0 saturated carbocycles. The minimum Gasteiger partial charge on any atom is -0.385 e. The van der Waals surface area contributed by atoms with Gasteiger partial charge in [-0.2, -0.15) is 0 Å². The topological polar surface area (TPSA) is 83.0 Å². The van der Waals surface area contributed by atoms with Gasteiger partial charge in [0.25, 0.3) is 10.0 Å². The number of sulfonamides is 1. The van der Waals surface area contributed by atoms with Gasteiger partial charge in [-0.3, -0.25) is 4.90 Å². The van der Waals surface area contributed by atoms with Gasteiger partial charge in [-0.25, -0.2) is 18.1 Å². The molecule has 0 radical (unpaired) electrons. The van der Waals surface area contributed by atoms with Crippen LogP contribution in [0.15, 0.2) is 40.2 Å². The second-order valence-corrected chi connectivity index (χ2v) is 6.32. The monoisotopic (exact) mass is 312 g/mol. The van der Waals surface area contributed by atoms with Gasteiger partial charge in [0.15, 0.2) is 0 Å². The number of ether oxygens (including phenoxy) is 1. The molecule has 0 unspecified atom stereocenters. The lowest BCUT2D eigenvalue weighted by Gasteiger charge is -2.26. The van der Waals surface area contributed by atoms with Gasteiger partial charge in [-0.15, -0.1) is 0 Å². The lowest BCUT2D eigenvalue weighted by Crippen LogP contribution is -2.50. The van der Waals surface area contributed by atoms with E-state index in [1.807, 2.05) is 0 Å². The van der Waals surface area contributed by atoms with Crippen LogP contribution in [0.5, 0.6) is 0 Å². The number of hydrogen-bond acceptors (Lipinski definition) is 6. The third kappa shape index (κ3) is 4.69. The van der Waals surface area contributed by atoms with Crippen LogP contribution in [0.3, 0.4) is 0 Å². The minimum absolute atomic E-state index is 0.219. The van der Waals surface area contributed by atoms with Gasteiger partial charge in [-0.05, 0) is 18.6 Å². The molecule has 0 amide bonds. The predicted molar refractivity (Wildman–Crippen MR) is 80.3 cm³/mol. The van der Waals surface area contributed by atoms with Crippen molar-refractivity contribution in [2.45, 2.75) is 11.3 Å². The molecule has 1 aromatic carbocycles. The van der Waals surface area contributed by atoms with Crippen LogP contribution in [0, 0.1) is 0 Å². The van der Waals surface area contributed by atoms with Gasteiger partial charge in [0, 0.05) is 20.3 Å². The van der Waals surface area contributed by atoms with Crippen LogP contribution < -0.4 is 10.0 Å². The lowest BCUT2D eigenvalue weighted by molar-refractivity contribution is 0.169. The van der Waals surface area contributed by atoms with E-state index >= 15 is 0 Å². The molecule has 8 heteroatoms. The first kappa shape index (κ1) is 15.7. The van der Waals surface area contributed by atoms with Crippen molar-refractivity contribution >= 4 is 16.0 Å². The number of guanidine groups is 1. The van der Waals surface area contributed by atoms with E-state index < -0.39 is 10.0 Å². The van der Waals surface area contributed by atoms with Crippen molar-refractivity contribution in [3.8, 4) is 0 Å². The Hall–Kier alpha value is -1.64. The van der Waals surface area contributed by atoms with Gasteiger partial charge in [0.2, 0.25) is 5.96 Å². The van der Waals surface area contributed by atoms with Crippen molar-refractivity contribution in [1.29, 1.82) is 0 Å². The van der Waals surface area contributed by atoms with E-state index in [-0.39, 0.29) is 10.9 Å². The maximum atomic E-state index is 12.1. The van der Waals surface area contributed by atoms with Crippen molar-refractivity contribution in [3.63, 3.8) is 0 Å². The summed E-state index contributed by atoms with van der Waals surface area (Å²) in [4.78, 5) is 6.49. The fourth-order valence-corrected chi connectivity index (χ4v) is 2.92. The van der Waals surface area contributed by atoms with Crippen molar-refractivity contribution < 1.29 is 13.2 Å². The van der Waals surface area contributed by atoms with Crippen LogP contribution in [0.1, 0.15) is 6.42 Å².